The number of methoxy groups -OCH3 is 1. The number of nitrogens with zero attached hydrogens (tertiary/aromatic N) is 2. The Labute approximate surface area is 126 Å². The van der Waals surface area contributed by atoms with Crippen LogP contribution >= 0.6 is 0 Å². The zero-order chi connectivity index (χ0) is 16.1. The smallest absolute Gasteiger partial charge is 0.254 e. The highest BCUT2D eigenvalue weighted by Gasteiger charge is 2.15. The molecule has 7 heteroatoms. The van der Waals surface area contributed by atoms with Gasteiger partial charge in [-0.1, -0.05) is 6.92 Å². The highest BCUT2D eigenvalue weighted by molar-refractivity contribution is 5.93. The molecular formula is C15H15F2N3O2. The quantitative estimate of drug-likeness (QED) is 0.920. The molecule has 2 rings (SSSR count). The number of aryl methyl sites for hydroxylation is 1. The third-order valence-corrected chi connectivity index (χ3v) is 3.08. The average Bonchev–Trinajstić information content (AvgIpc) is 2.54. The lowest BCUT2D eigenvalue weighted by Crippen LogP contribution is -2.24. The first-order chi connectivity index (χ1) is 10.6. The fourth-order valence-corrected chi connectivity index (χ4v) is 1.82. The van der Waals surface area contributed by atoms with Gasteiger partial charge >= 0.3 is 0 Å². The van der Waals surface area contributed by atoms with Gasteiger partial charge in [0.05, 0.1) is 12.7 Å². The maximum atomic E-state index is 13.9. The first-order valence-corrected chi connectivity index (χ1v) is 6.66. The zero-order valence-corrected chi connectivity index (χ0v) is 12.2. The molecule has 1 N–H and O–H groups in total. The van der Waals surface area contributed by atoms with Crippen molar-refractivity contribution in [1.29, 1.82) is 0 Å². The molecule has 1 amide bonds. The minimum absolute atomic E-state index is 0.0821. The Morgan fingerprint density at radius 3 is 2.55 bits per heavy atom. The summed E-state index contributed by atoms with van der Waals surface area (Å²) < 4.78 is 32.4. The predicted octanol–water partition coefficient (Wildman–Crippen LogP) is 2.26. The summed E-state index contributed by atoms with van der Waals surface area (Å²) >= 11 is 0. The first kappa shape index (κ1) is 15.8. The summed E-state index contributed by atoms with van der Waals surface area (Å²) in [5.74, 6) is -1.57. The summed E-state index contributed by atoms with van der Waals surface area (Å²) in [6.07, 6.45) is 3.40. The monoisotopic (exact) mass is 307 g/mol. The van der Waals surface area contributed by atoms with Gasteiger partial charge in [0, 0.05) is 30.9 Å². The van der Waals surface area contributed by atoms with Crippen molar-refractivity contribution < 1.29 is 18.3 Å². The van der Waals surface area contributed by atoms with Gasteiger partial charge in [0.1, 0.15) is 11.6 Å². The summed E-state index contributed by atoms with van der Waals surface area (Å²) in [7, 11) is 1.28. The Morgan fingerprint density at radius 2 is 1.95 bits per heavy atom. The number of hydrogen-bond donors (Lipinski definition) is 1. The molecule has 0 aliphatic heterocycles. The molecule has 0 saturated heterocycles. The van der Waals surface area contributed by atoms with Crippen LogP contribution < -0.4 is 10.1 Å². The van der Waals surface area contributed by atoms with Gasteiger partial charge in [-0.05, 0) is 12.1 Å². The third kappa shape index (κ3) is 3.36. The highest BCUT2D eigenvalue weighted by atomic mass is 19.1. The molecule has 0 bridgehead atoms. The van der Waals surface area contributed by atoms with Gasteiger partial charge in [0.2, 0.25) is 0 Å². The topological polar surface area (TPSA) is 64.1 Å². The van der Waals surface area contributed by atoms with E-state index in [0.29, 0.717) is 12.2 Å². The first-order valence-electron chi connectivity index (χ1n) is 6.66. The number of benzene rings is 1. The molecule has 0 aliphatic carbocycles. The van der Waals surface area contributed by atoms with Crippen LogP contribution in [-0.2, 0) is 13.0 Å². The largest absolute Gasteiger partial charge is 0.494 e. The number of carbonyl (C=O) groups excluding carboxylic acids is 1. The Kier molecular flexibility index (Phi) is 4.98. The van der Waals surface area contributed by atoms with E-state index >= 15 is 0 Å². The summed E-state index contributed by atoms with van der Waals surface area (Å²) in [6, 6.07) is 2.27. The van der Waals surface area contributed by atoms with Gasteiger partial charge in [-0.2, -0.15) is 0 Å². The fourth-order valence-electron chi connectivity index (χ4n) is 1.82. The lowest BCUT2D eigenvalue weighted by atomic mass is 10.1. The molecule has 1 aromatic carbocycles. The van der Waals surface area contributed by atoms with Crippen molar-refractivity contribution in [3.63, 3.8) is 0 Å². The van der Waals surface area contributed by atoms with Crippen molar-refractivity contribution in [2.24, 2.45) is 0 Å². The van der Waals surface area contributed by atoms with Crippen molar-refractivity contribution in [1.82, 2.24) is 15.3 Å². The number of carbonyl (C=O) groups is 1. The molecule has 1 aromatic heterocycles. The highest BCUT2D eigenvalue weighted by Crippen LogP contribution is 2.22. The van der Waals surface area contributed by atoms with Gasteiger partial charge in [-0.3, -0.25) is 4.79 Å². The van der Waals surface area contributed by atoms with E-state index in [2.05, 4.69) is 15.3 Å². The second kappa shape index (κ2) is 6.93. The molecule has 0 radical (unpaired) electrons. The van der Waals surface area contributed by atoms with Gasteiger partial charge < -0.3 is 10.1 Å². The lowest BCUT2D eigenvalue weighted by molar-refractivity contribution is 0.0949. The summed E-state index contributed by atoms with van der Waals surface area (Å²) in [5.41, 5.74) is -0.0419. The van der Waals surface area contributed by atoms with E-state index in [0.717, 1.165) is 6.07 Å². The van der Waals surface area contributed by atoms with Crippen LogP contribution in [0.1, 0.15) is 28.7 Å². The number of rotatable bonds is 5. The van der Waals surface area contributed by atoms with Crippen LogP contribution in [0.4, 0.5) is 8.78 Å². The van der Waals surface area contributed by atoms with Crippen LogP contribution in [0, 0.1) is 11.6 Å². The number of nitrogens with one attached hydrogen (secondary N) is 1. The number of amides is 1. The van der Waals surface area contributed by atoms with E-state index in [-0.39, 0.29) is 23.4 Å². The molecule has 0 fully saturated rings. The second-order valence-electron chi connectivity index (χ2n) is 4.47. The molecule has 0 spiro atoms. The molecule has 116 valence electrons. The molecule has 22 heavy (non-hydrogen) atoms. The minimum Gasteiger partial charge on any atom is -0.494 e. The summed E-state index contributed by atoms with van der Waals surface area (Å²) in [5, 5.41) is 2.43. The molecular weight excluding hydrogens is 292 g/mol. The number of aromatic nitrogens is 2. The molecule has 5 nitrogen and oxygen atoms in total. The van der Waals surface area contributed by atoms with E-state index in [1.54, 1.807) is 0 Å². The van der Waals surface area contributed by atoms with Crippen LogP contribution in [0.25, 0.3) is 0 Å². The standard InChI is InChI=1S/C15H15F2N3O2/c1-3-13-18-6-9(7-19-13)15(21)20-8-10-11(16)4-5-12(22-2)14(10)17/h4-7H,3,8H2,1-2H3,(H,20,21). The SMILES string of the molecule is CCc1ncc(C(=O)NCc2c(F)ccc(OC)c2F)cn1. The normalized spacial score (nSPS) is 10.4. The molecule has 1 heterocycles. The van der Waals surface area contributed by atoms with E-state index in [1.807, 2.05) is 6.92 Å². The van der Waals surface area contributed by atoms with E-state index in [9.17, 15) is 13.6 Å². The molecule has 0 saturated carbocycles. The van der Waals surface area contributed by atoms with Crippen molar-refractivity contribution in [2.45, 2.75) is 19.9 Å². The third-order valence-electron chi connectivity index (χ3n) is 3.08. The van der Waals surface area contributed by atoms with Gasteiger partial charge in [-0.25, -0.2) is 18.7 Å². The minimum atomic E-state index is -0.833. The Hall–Kier alpha value is -2.57. The van der Waals surface area contributed by atoms with Crippen LogP contribution in [0.5, 0.6) is 5.75 Å². The number of halogens is 2. The van der Waals surface area contributed by atoms with Crippen LogP contribution in [-0.4, -0.2) is 23.0 Å². The van der Waals surface area contributed by atoms with Crippen molar-refractivity contribution >= 4 is 5.91 Å². The van der Waals surface area contributed by atoms with Crippen LogP contribution in [0.3, 0.4) is 0 Å². The lowest BCUT2D eigenvalue weighted by Gasteiger charge is -2.10. The molecule has 0 atom stereocenters. The van der Waals surface area contributed by atoms with Gasteiger partial charge in [0.25, 0.3) is 5.91 Å². The van der Waals surface area contributed by atoms with Crippen LogP contribution in [0.15, 0.2) is 24.5 Å². The number of hydrogen-bond acceptors (Lipinski definition) is 4. The fraction of sp³-hybridized carbons (Fsp3) is 0.267. The Morgan fingerprint density at radius 1 is 1.27 bits per heavy atom. The summed E-state index contributed by atoms with van der Waals surface area (Å²) in [4.78, 5) is 19.9. The van der Waals surface area contributed by atoms with Crippen molar-refractivity contribution in [3.8, 4) is 5.75 Å². The van der Waals surface area contributed by atoms with Crippen molar-refractivity contribution in [3.05, 3.63) is 53.1 Å². The molecule has 2 aromatic rings. The summed E-state index contributed by atoms with van der Waals surface area (Å²) in [6.45, 7) is 1.59. The Balaban J connectivity index is 2.10. The predicted molar refractivity (Wildman–Crippen MR) is 75.5 cm³/mol. The maximum Gasteiger partial charge on any atom is 0.254 e. The second-order valence-corrected chi connectivity index (χ2v) is 4.47. The van der Waals surface area contributed by atoms with Gasteiger partial charge in [-0.15, -0.1) is 0 Å². The number of ether oxygens (including phenoxy) is 1. The van der Waals surface area contributed by atoms with Crippen LogP contribution in [0.2, 0.25) is 0 Å². The maximum absolute atomic E-state index is 13.9. The van der Waals surface area contributed by atoms with E-state index in [1.165, 1.54) is 25.6 Å². The van der Waals surface area contributed by atoms with Crippen molar-refractivity contribution in [2.75, 3.05) is 7.11 Å². The Bertz CT molecular complexity index is 675. The zero-order valence-electron chi connectivity index (χ0n) is 12.2. The molecule has 0 unspecified atom stereocenters. The van der Waals surface area contributed by atoms with E-state index in [4.69, 9.17) is 4.74 Å². The molecule has 0 aliphatic rings. The average molecular weight is 307 g/mol. The van der Waals surface area contributed by atoms with Gasteiger partial charge in [0.15, 0.2) is 11.6 Å². The van der Waals surface area contributed by atoms with E-state index < -0.39 is 17.5 Å².